The van der Waals surface area contributed by atoms with Crippen molar-refractivity contribution >= 4 is 22.6 Å². The molecule has 236 valence electrons. The molecule has 0 spiro atoms. The van der Waals surface area contributed by atoms with Crippen molar-refractivity contribution < 1.29 is 18.7 Å². The van der Waals surface area contributed by atoms with Crippen LogP contribution in [0.5, 0.6) is 11.5 Å². The Labute approximate surface area is 269 Å². The Hall–Kier alpha value is -5.88. The second-order valence-corrected chi connectivity index (χ2v) is 11.2. The van der Waals surface area contributed by atoms with Gasteiger partial charge in [0.15, 0.2) is 22.7 Å². The lowest BCUT2D eigenvalue weighted by molar-refractivity contribution is 0.0997. The number of hydrogen-bond acceptors (Lipinski definition) is 10. The number of aromatic nitrogens is 5. The minimum absolute atomic E-state index is 0.145. The number of hydrogen-bond donors (Lipinski definition) is 1. The van der Waals surface area contributed by atoms with E-state index in [1.165, 1.54) is 41.8 Å². The van der Waals surface area contributed by atoms with Crippen LogP contribution in [0.3, 0.4) is 0 Å². The molecule has 1 N–H and O–H groups in total. The first-order valence-corrected chi connectivity index (χ1v) is 15.1. The highest BCUT2D eigenvalue weighted by Crippen LogP contribution is 2.38. The minimum atomic E-state index is -0.630. The monoisotopic (exact) mass is 629 g/mol. The quantitative estimate of drug-likeness (QED) is 0.240. The summed E-state index contributed by atoms with van der Waals surface area (Å²) in [4.78, 5) is 34.1. The topological polar surface area (TPSA) is 137 Å². The van der Waals surface area contributed by atoms with E-state index in [4.69, 9.17) is 13.9 Å². The van der Waals surface area contributed by atoms with Gasteiger partial charge in [0.1, 0.15) is 5.58 Å². The molecule has 12 heteroatoms. The van der Waals surface area contributed by atoms with Crippen LogP contribution in [-0.4, -0.2) is 63.3 Å². The molecule has 0 atom stereocenters. The molecule has 0 saturated heterocycles. The van der Waals surface area contributed by atoms with Crippen LogP contribution in [0.25, 0.3) is 28.0 Å². The van der Waals surface area contributed by atoms with Gasteiger partial charge in [-0.3, -0.25) is 19.5 Å². The van der Waals surface area contributed by atoms with Gasteiger partial charge in [-0.15, -0.1) is 15.0 Å². The van der Waals surface area contributed by atoms with Crippen LogP contribution < -0.4 is 20.2 Å². The summed E-state index contributed by atoms with van der Waals surface area (Å²) in [5, 5.41) is 16.4. The van der Waals surface area contributed by atoms with Crippen LogP contribution in [0.2, 0.25) is 0 Å². The van der Waals surface area contributed by atoms with Crippen molar-refractivity contribution in [3.8, 4) is 28.6 Å². The molecule has 1 amide bonds. The normalized spacial score (nSPS) is 12.9. The van der Waals surface area contributed by atoms with Crippen molar-refractivity contribution in [2.45, 2.75) is 19.4 Å². The Morgan fingerprint density at radius 1 is 0.979 bits per heavy atom. The molecule has 47 heavy (non-hydrogen) atoms. The van der Waals surface area contributed by atoms with E-state index in [-0.39, 0.29) is 17.0 Å². The van der Waals surface area contributed by atoms with E-state index in [9.17, 15) is 9.59 Å². The molecular formula is C35H31N7O5. The van der Waals surface area contributed by atoms with E-state index < -0.39 is 5.91 Å². The molecular weight excluding hydrogens is 598 g/mol. The number of carbonyl (C=O) groups excluding carboxylic acids is 1. The number of fused-ring (bicyclic) bond motifs is 2. The first-order valence-electron chi connectivity index (χ1n) is 15.1. The van der Waals surface area contributed by atoms with Crippen LogP contribution in [-0.2, 0) is 19.4 Å². The molecule has 1 aliphatic rings. The van der Waals surface area contributed by atoms with Crippen molar-refractivity contribution in [3.05, 3.63) is 118 Å². The second-order valence-electron chi connectivity index (χ2n) is 11.2. The van der Waals surface area contributed by atoms with Crippen molar-refractivity contribution in [3.63, 3.8) is 0 Å². The average Bonchev–Trinajstić information content (AvgIpc) is 3.61. The molecule has 3 aromatic carbocycles. The van der Waals surface area contributed by atoms with Gasteiger partial charge in [-0.05, 0) is 71.1 Å². The second kappa shape index (κ2) is 12.9. The highest BCUT2D eigenvalue weighted by molar-refractivity contribution is 6.05. The number of carbonyl (C=O) groups is 1. The maximum atomic E-state index is 13.3. The number of benzene rings is 3. The number of pyridine rings is 1. The minimum Gasteiger partial charge on any atom is -0.493 e. The average molecular weight is 630 g/mol. The van der Waals surface area contributed by atoms with Crippen LogP contribution in [0.15, 0.2) is 94.4 Å². The van der Waals surface area contributed by atoms with E-state index in [1.807, 2.05) is 24.5 Å². The molecule has 0 bridgehead atoms. The summed E-state index contributed by atoms with van der Waals surface area (Å²) in [5.74, 6) is 0.252. The van der Waals surface area contributed by atoms with Crippen LogP contribution in [0, 0.1) is 0 Å². The molecule has 12 nitrogen and oxygen atoms in total. The molecule has 1 aliphatic heterocycles. The number of amides is 1. The van der Waals surface area contributed by atoms with Crippen LogP contribution in [0.1, 0.15) is 27.2 Å². The van der Waals surface area contributed by atoms with Crippen LogP contribution >= 0.6 is 0 Å². The smallest absolute Gasteiger partial charge is 0.291 e. The predicted octanol–water partition coefficient (Wildman–Crippen LogP) is 4.70. The Balaban J connectivity index is 1.10. The van der Waals surface area contributed by atoms with E-state index in [0.717, 1.165) is 38.2 Å². The van der Waals surface area contributed by atoms with Gasteiger partial charge < -0.3 is 19.2 Å². The number of nitrogens with zero attached hydrogens (tertiary/aromatic N) is 6. The number of ether oxygens (including phenoxy) is 2. The zero-order valence-corrected chi connectivity index (χ0v) is 25.8. The number of rotatable bonds is 9. The summed E-state index contributed by atoms with van der Waals surface area (Å²) < 4.78 is 16.7. The Morgan fingerprint density at radius 2 is 1.79 bits per heavy atom. The Morgan fingerprint density at radius 3 is 2.62 bits per heavy atom. The van der Waals surface area contributed by atoms with Crippen molar-refractivity contribution in [1.82, 2.24) is 30.1 Å². The van der Waals surface area contributed by atoms with E-state index in [0.29, 0.717) is 33.7 Å². The highest BCUT2D eigenvalue weighted by atomic mass is 16.5. The first-order chi connectivity index (χ1) is 23.0. The van der Waals surface area contributed by atoms with Gasteiger partial charge in [0.25, 0.3) is 5.91 Å². The molecule has 0 unspecified atom stereocenters. The molecule has 0 aliphatic carbocycles. The summed E-state index contributed by atoms with van der Waals surface area (Å²) in [5.41, 5.74) is 5.37. The van der Waals surface area contributed by atoms with Crippen LogP contribution in [0.4, 0.5) is 5.69 Å². The molecule has 0 radical (unpaired) electrons. The Bertz CT molecular complexity index is 2140. The fourth-order valence-electron chi connectivity index (χ4n) is 5.71. The third-order valence-electron chi connectivity index (χ3n) is 8.26. The predicted molar refractivity (Wildman–Crippen MR) is 175 cm³/mol. The van der Waals surface area contributed by atoms with Gasteiger partial charge in [-0.25, -0.2) is 0 Å². The summed E-state index contributed by atoms with van der Waals surface area (Å²) in [7, 11) is 3.00. The van der Waals surface area contributed by atoms with E-state index in [1.54, 1.807) is 36.4 Å². The summed E-state index contributed by atoms with van der Waals surface area (Å²) >= 11 is 0. The number of nitrogens with one attached hydrogen (secondary N) is 1. The fraction of sp³-hybridized carbons (Fsp3) is 0.200. The lowest BCUT2D eigenvalue weighted by Gasteiger charge is -2.28. The zero-order valence-electron chi connectivity index (χ0n) is 25.8. The van der Waals surface area contributed by atoms with Gasteiger partial charge in [-0.2, -0.15) is 0 Å². The summed E-state index contributed by atoms with van der Waals surface area (Å²) in [6.45, 7) is 2.93. The molecule has 0 saturated carbocycles. The number of para-hydroxylation sites is 1. The largest absolute Gasteiger partial charge is 0.493 e. The first kappa shape index (κ1) is 29.8. The van der Waals surface area contributed by atoms with Gasteiger partial charge in [0.05, 0.1) is 36.5 Å². The van der Waals surface area contributed by atoms with Crippen molar-refractivity contribution in [1.29, 1.82) is 0 Å². The van der Waals surface area contributed by atoms with Gasteiger partial charge in [0.2, 0.25) is 5.82 Å². The lowest BCUT2D eigenvalue weighted by atomic mass is 10.0. The van der Waals surface area contributed by atoms with Crippen molar-refractivity contribution in [2.75, 3.05) is 32.6 Å². The standard InChI is InChI=1S/C35H31N7O5/c1-45-31-17-27(28(18-32(31)46-2)37-35(44)33-19-29(43)26-5-3-4-6-30(26)47-33)34-38-40-42(39-34)25-9-7-22(8-10-25)12-15-41-16-13-23-20-36-14-11-24(23)21-41/h3-11,14,17-20H,12-13,15-16,21H2,1-2H3,(H,37,44). The maximum Gasteiger partial charge on any atom is 0.291 e. The number of anilines is 1. The molecule has 7 rings (SSSR count). The Kier molecular flexibility index (Phi) is 8.15. The van der Waals surface area contributed by atoms with Gasteiger partial charge in [0, 0.05) is 44.2 Å². The zero-order chi connectivity index (χ0) is 32.3. The van der Waals surface area contributed by atoms with E-state index in [2.05, 4.69) is 48.8 Å². The third-order valence-corrected chi connectivity index (χ3v) is 8.26. The van der Waals surface area contributed by atoms with Crippen molar-refractivity contribution in [2.24, 2.45) is 0 Å². The summed E-state index contributed by atoms with van der Waals surface area (Å²) in [6.07, 6.45) is 5.78. The highest BCUT2D eigenvalue weighted by Gasteiger charge is 2.21. The molecule has 0 fully saturated rings. The lowest BCUT2D eigenvalue weighted by Crippen LogP contribution is -2.32. The fourth-order valence-corrected chi connectivity index (χ4v) is 5.71. The van der Waals surface area contributed by atoms with Gasteiger partial charge >= 0.3 is 0 Å². The number of methoxy groups -OCH3 is 2. The molecule has 3 aromatic heterocycles. The molecule has 4 heterocycles. The maximum absolute atomic E-state index is 13.3. The third kappa shape index (κ3) is 6.18. The number of tetrazole rings is 1. The van der Waals surface area contributed by atoms with E-state index >= 15 is 0 Å². The summed E-state index contributed by atoms with van der Waals surface area (Å²) in [6, 6.07) is 21.3. The van der Waals surface area contributed by atoms with Gasteiger partial charge in [-0.1, -0.05) is 24.3 Å². The SMILES string of the molecule is COc1cc(NC(=O)c2cc(=O)c3ccccc3o2)c(-c2nnn(-c3ccc(CCN4CCc5cnccc5C4)cc3)n2)cc1OC. The molecule has 6 aromatic rings.